The van der Waals surface area contributed by atoms with Crippen molar-refractivity contribution >= 4 is 50.9 Å². The Hall–Kier alpha value is -3.69. The highest BCUT2D eigenvalue weighted by atomic mass is 35.5. The van der Waals surface area contributed by atoms with Crippen molar-refractivity contribution in [1.82, 2.24) is 4.98 Å². The zero-order chi connectivity index (χ0) is 24.9. The summed E-state index contributed by atoms with van der Waals surface area (Å²) in [5, 5.41) is 0.897. The average Bonchev–Trinajstić information content (AvgIpc) is 3.37. The van der Waals surface area contributed by atoms with Crippen molar-refractivity contribution in [2.45, 2.75) is 19.9 Å². The van der Waals surface area contributed by atoms with Gasteiger partial charge in [-0.15, -0.1) is 0 Å². The Kier molecular flexibility index (Phi) is 5.82. The monoisotopic (exact) mass is 510 g/mol. The number of ether oxygens (including phenoxy) is 2. The number of methoxy groups -OCH3 is 1. The van der Waals surface area contributed by atoms with Gasteiger partial charge in [-0.25, -0.2) is 9.78 Å². The van der Waals surface area contributed by atoms with E-state index in [0.29, 0.717) is 28.6 Å². The predicted molar refractivity (Wildman–Crippen MR) is 132 cm³/mol. The lowest BCUT2D eigenvalue weighted by molar-refractivity contribution is 0.0605. The molecule has 0 spiro atoms. The highest BCUT2D eigenvalue weighted by Crippen LogP contribution is 2.43. The Morgan fingerprint density at radius 1 is 1.20 bits per heavy atom. The third-order valence-corrected chi connectivity index (χ3v) is 7.07. The first kappa shape index (κ1) is 23.1. The van der Waals surface area contributed by atoms with Crippen molar-refractivity contribution in [3.8, 4) is 5.75 Å². The third kappa shape index (κ3) is 3.77. The molecule has 0 bridgehead atoms. The number of hydrogen-bond acceptors (Lipinski definition) is 8. The normalized spacial score (nSPS) is 14.9. The van der Waals surface area contributed by atoms with Crippen LogP contribution < -0.4 is 15.1 Å². The van der Waals surface area contributed by atoms with Crippen molar-refractivity contribution in [1.29, 1.82) is 0 Å². The van der Waals surface area contributed by atoms with Gasteiger partial charge in [0, 0.05) is 5.02 Å². The third-order valence-electron chi connectivity index (χ3n) is 5.70. The summed E-state index contributed by atoms with van der Waals surface area (Å²) >= 11 is 7.15. The van der Waals surface area contributed by atoms with E-state index in [9.17, 15) is 14.4 Å². The van der Waals surface area contributed by atoms with Crippen molar-refractivity contribution in [3.63, 3.8) is 0 Å². The quantitative estimate of drug-likeness (QED) is 0.342. The SMILES string of the molecule is CCOc1ccc(C2c3c(oc4ccc(Cl)cc4c3=O)C(=O)N2c2nc(C)c(C(=O)OC)s2)cc1. The molecule has 10 heteroatoms. The van der Waals surface area contributed by atoms with Gasteiger partial charge < -0.3 is 13.9 Å². The minimum Gasteiger partial charge on any atom is -0.494 e. The fourth-order valence-electron chi connectivity index (χ4n) is 4.14. The van der Waals surface area contributed by atoms with E-state index in [2.05, 4.69) is 4.98 Å². The van der Waals surface area contributed by atoms with Crippen LogP contribution in [0.15, 0.2) is 51.7 Å². The van der Waals surface area contributed by atoms with E-state index >= 15 is 0 Å². The summed E-state index contributed by atoms with van der Waals surface area (Å²) in [7, 11) is 1.28. The fraction of sp³-hybridized carbons (Fsp3) is 0.200. The van der Waals surface area contributed by atoms with Gasteiger partial charge in [-0.05, 0) is 49.7 Å². The Morgan fingerprint density at radius 2 is 1.94 bits per heavy atom. The van der Waals surface area contributed by atoms with E-state index in [-0.39, 0.29) is 37.7 Å². The molecule has 5 rings (SSSR count). The van der Waals surface area contributed by atoms with Crippen LogP contribution in [-0.4, -0.2) is 30.6 Å². The lowest BCUT2D eigenvalue weighted by Crippen LogP contribution is -2.29. The van der Waals surface area contributed by atoms with Gasteiger partial charge in [0.15, 0.2) is 10.6 Å². The number of fused-ring (bicyclic) bond motifs is 2. The number of rotatable bonds is 5. The van der Waals surface area contributed by atoms with Gasteiger partial charge in [-0.1, -0.05) is 35.1 Å². The molecule has 2 aromatic heterocycles. The first-order valence-corrected chi connectivity index (χ1v) is 11.9. The fourth-order valence-corrected chi connectivity index (χ4v) is 5.32. The molecule has 1 amide bonds. The summed E-state index contributed by atoms with van der Waals surface area (Å²) in [6.07, 6.45) is 0. The van der Waals surface area contributed by atoms with E-state index in [1.807, 2.05) is 6.92 Å². The summed E-state index contributed by atoms with van der Waals surface area (Å²) in [4.78, 5) is 45.7. The van der Waals surface area contributed by atoms with Crippen LogP contribution in [0.3, 0.4) is 0 Å². The van der Waals surface area contributed by atoms with E-state index in [0.717, 1.165) is 11.3 Å². The molecule has 0 aliphatic carbocycles. The van der Waals surface area contributed by atoms with Crippen molar-refractivity contribution in [2.75, 3.05) is 18.6 Å². The lowest BCUT2D eigenvalue weighted by atomic mass is 9.98. The van der Waals surface area contributed by atoms with Gasteiger partial charge in [0.25, 0.3) is 5.91 Å². The molecule has 0 N–H and O–H groups in total. The number of hydrogen-bond donors (Lipinski definition) is 0. The molecule has 35 heavy (non-hydrogen) atoms. The number of esters is 1. The molecular formula is C25H19ClN2O6S. The van der Waals surface area contributed by atoms with Gasteiger partial charge in [-0.3, -0.25) is 14.5 Å². The predicted octanol–water partition coefficient (Wildman–Crippen LogP) is 5.15. The lowest BCUT2D eigenvalue weighted by Gasteiger charge is -2.22. The second kappa shape index (κ2) is 8.83. The van der Waals surface area contributed by atoms with Crippen LogP contribution in [-0.2, 0) is 4.74 Å². The largest absolute Gasteiger partial charge is 0.494 e. The molecule has 1 unspecified atom stereocenters. The van der Waals surface area contributed by atoms with Crippen LogP contribution >= 0.6 is 22.9 Å². The average molecular weight is 511 g/mol. The summed E-state index contributed by atoms with van der Waals surface area (Å²) in [6, 6.07) is 11.0. The molecule has 8 nitrogen and oxygen atoms in total. The molecule has 178 valence electrons. The maximum absolute atomic E-state index is 13.7. The smallest absolute Gasteiger partial charge is 0.350 e. The number of anilines is 1. The topological polar surface area (TPSA) is 98.9 Å². The number of carbonyl (C=O) groups excluding carboxylic acids is 2. The van der Waals surface area contributed by atoms with E-state index in [1.54, 1.807) is 43.3 Å². The number of aryl methyl sites for hydroxylation is 1. The van der Waals surface area contributed by atoms with Gasteiger partial charge >= 0.3 is 5.97 Å². The van der Waals surface area contributed by atoms with E-state index < -0.39 is 17.9 Å². The molecule has 1 atom stereocenters. The van der Waals surface area contributed by atoms with Crippen LogP contribution in [0.5, 0.6) is 5.75 Å². The van der Waals surface area contributed by atoms with E-state index in [1.165, 1.54) is 18.1 Å². The molecule has 1 aliphatic rings. The second-order valence-electron chi connectivity index (χ2n) is 7.80. The Bertz CT molecular complexity index is 1540. The highest BCUT2D eigenvalue weighted by Gasteiger charge is 2.45. The summed E-state index contributed by atoms with van der Waals surface area (Å²) in [6.45, 7) is 4.04. The highest BCUT2D eigenvalue weighted by molar-refractivity contribution is 7.17. The summed E-state index contributed by atoms with van der Waals surface area (Å²) < 4.78 is 16.3. The van der Waals surface area contributed by atoms with E-state index in [4.69, 9.17) is 25.5 Å². The molecule has 3 heterocycles. The number of amides is 1. The number of halogens is 1. The number of carbonyl (C=O) groups is 2. The molecule has 0 saturated heterocycles. The molecular weight excluding hydrogens is 492 g/mol. The van der Waals surface area contributed by atoms with Crippen LogP contribution in [0.25, 0.3) is 11.0 Å². The zero-order valence-corrected chi connectivity index (χ0v) is 20.5. The van der Waals surface area contributed by atoms with Gasteiger partial charge in [-0.2, -0.15) is 0 Å². The van der Waals surface area contributed by atoms with Crippen LogP contribution in [0.4, 0.5) is 5.13 Å². The first-order chi connectivity index (χ1) is 16.8. The van der Waals surface area contributed by atoms with Gasteiger partial charge in [0.05, 0.1) is 36.4 Å². The number of thiazole rings is 1. The molecule has 0 radical (unpaired) electrons. The van der Waals surface area contributed by atoms with Crippen LogP contribution in [0, 0.1) is 6.92 Å². The molecule has 2 aromatic carbocycles. The standard InChI is InChI=1S/C25H19ClN2O6S/c1-4-33-15-8-5-13(6-9-15)19-18-20(29)16-11-14(26)7-10-17(16)34-21(18)23(30)28(19)25-27-12(2)22(35-25)24(31)32-3/h5-11,19H,4H2,1-3H3. The van der Waals surface area contributed by atoms with Crippen LogP contribution in [0.2, 0.25) is 5.02 Å². The Morgan fingerprint density at radius 3 is 2.63 bits per heavy atom. The van der Waals surface area contributed by atoms with Gasteiger partial charge in [0.1, 0.15) is 16.2 Å². The number of nitrogens with zero attached hydrogens (tertiary/aromatic N) is 2. The van der Waals surface area contributed by atoms with Crippen molar-refractivity contribution < 1.29 is 23.5 Å². The Balaban J connectivity index is 1.75. The van der Waals surface area contributed by atoms with Crippen molar-refractivity contribution in [3.05, 3.63) is 85.2 Å². The molecule has 1 aliphatic heterocycles. The molecule has 0 saturated carbocycles. The minimum absolute atomic E-state index is 0.0730. The number of aromatic nitrogens is 1. The summed E-state index contributed by atoms with van der Waals surface area (Å²) in [5.74, 6) is -0.500. The minimum atomic E-state index is -0.830. The molecule has 0 fully saturated rings. The first-order valence-electron chi connectivity index (χ1n) is 10.7. The van der Waals surface area contributed by atoms with Crippen molar-refractivity contribution in [2.24, 2.45) is 0 Å². The zero-order valence-electron chi connectivity index (χ0n) is 19.0. The van der Waals surface area contributed by atoms with Gasteiger partial charge in [0.2, 0.25) is 5.76 Å². The molecule has 4 aromatic rings. The van der Waals surface area contributed by atoms with Crippen LogP contribution in [0.1, 0.15) is 50.0 Å². The second-order valence-corrected chi connectivity index (χ2v) is 9.21. The summed E-state index contributed by atoms with van der Waals surface area (Å²) in [5.41, 5.74) is 1.15. The number of benzene rings is 2. The Labute approximate surface area is 208 Å². The maximum atomic E-state index is 13.7. The maximum Gasteiger partial charge on any atom is 0.350 e.